The fraction of sp³-hybridized carbons (Fsp3) is 0.0476. The summed E-state index contributed by atoms with van der Waals surface area (Å²) in [4.78, 5) is 22.0. The molecular formula is C21H16O7. The number of rotatable bonds is 5. The number of aliphatic hydroxyl groups is 1. The van der Waals surface area contributed by atoms with E-state index in [0.29, 0.717) is 27.8 Å². The van der Waals surface area contributed by atoms with Crippen LogP contribution in [-0.4, -0.2) is 37.5 Å². The number of hydrogen-bond acceptors (Lipinski definition) is 5. The molecule has 0 aromatic heterocycles. The maximum absolute atomic E-state index is 11.0. The van der Waals surface area contributed by atoms with E-state index in [-0.39, 0.29) is 29.2 Å². The molecule has 0 spiro atoms. The van der Waals surface area contributed by atoms with Crippen LogP contribution in [-0.2, 0) is 6.61 Å². The molecule has 0 atom stereocenters. The Morgan fingerprint density at radius 2 is 1.14 bits per heavy atom. The molecule has 0 aliphatic heterocycles. The second-order valence-electron chi connectivity index (χ2n) is 6.10. The van der Waals surface area contributed by atoms with Crippen LogP contribution in [0, 0.1) is 0 Å². The molecule has 3 rings (SSSR count). The highest BCUT2D eigenvalue weighted by molar-refractivity contribution is 5.92. The number of aliphatic hydroxyl groups excluding tert-OH is 1. The van der Waals surface area contributed by atoms with Gasteiger partial charge < -0.3 is 25.5 Å². The molecule has 0 heterocycles. The molecule has 28 heavy (non-hydrogen) atoms. The van der Waals surface area contributed by atoms with E-state index in [1.54, 1.807) is 24.3 Å². The van der Waals surface area contributed by atoms with Gasteiger partial charge in [-0.1, -0.05) is 24.3 Å². The molecule has 142 valence electrons. The van der Waals surface area contributed by atoms with Crippen LogP contribution in [0.25, 0.3) is 22.3 Å². The number of aromatic hydroxyl groups is 2. The van der Waals surface area contributed by atoms with Gasteiger partial charge >= 0.3 is 11.9 Å². The first kappa shape index (κ1) is 18.9. The quantitative estimate of drug-likeness (QED) is 0.458. The number of benzene rings is 3. The molecule has 7 nitrogen and oxygen atoms in total. The zero-order chi connectivity index (χ0) is 20.4. The molecule has 0 aliphatic rings. The molecule has 0 unspecified atom stereocenters. The van der Waals surface area contributed by atoms with Crippen LogP contribution in [0.1, 0.15) is 26.3 Å². The van der Waals surface area contributed by atoms with Crippen molar-refractivity contribution in [1.29, 1.82) is 0 Å². The van der Waals surface area contributed by atoms with Crippen LogP contribution < -0.4 is 0 Å². The lowest BCUT2D eigenvalue weighted by molar-refractivity contribution is 0.0682. The lowest BCUT2D eigenvalue weighted by Crippen LogP contribution is -1.98. The van der Waals surface area contributed by atoms with Gasteiger partial charge in [0.2, 0.25) is 0 Å². The number of carbonyl (C=O) groups is 2. The van der Waals surface area contributed by atoms with Crippen molar-refractivity contribution in [2.45, 2.75) is 6.61 Å². The summed E-state index contributed by atoms with van der Waals surface area (Å²) in [5.74, 6) is -3.23. The molecule has 7 heteroatoms. The molecule has 0 saturated carbocycles. The Bertz CT molecular complexity index is 1090. The van der Waals surface area contributed by atoms with E-state index in [2.05, 4.69) is 0 Å². The van der Waals surface area contributed by atoms with Crippen LogP contribution in [0.2, 0.25) is 0 Å². The van der Waals surface area contributed by atoms with Crippen molar-refractivity contribution in [1.82, 2.24) is 0 Å². The predicted molar refractivity (Wildman–Crippen MR) is 100 cm³/mol. The number of carboxylic acid groups (broad SMARTS) is 2. The summed E-state index contributed by atoms with van der Waals surface area (Å²) >= 11 is 0. The Hall–Kier alpha value is -3.84. The normalized spacial score (nSPS) is 10.6. The topological polar surface area (TPSA) is 135 Å². The van der Waals surface area contributed by atoms with Gasteiger partial charge in [0.15, 0.2) is 0 Å². The molecule has 3 aromatic rings. The van der Waals surface area contributed by atoms with E-state index in [1.165, 1.54) is 30.3 Å². The fourth-order valence-electron chi connectivity index (χ4n) is 2.96. The lowest BCUT2D eigenvalue weighted by Gasteiger charge is -2.12. The number of phenols is 2. The highest BCUT2D eigenvalue weighted by Gasteiger charge is 2.14. The van der Waals surface area contributed by atoms with Crippen LogP contribution in [0.15, 0.2) is 54.6 Å². The summed E-state index contributed by atoms with van der Waals surface area (Å²) in [6, 6.07) is 13.4. The Morgan fingerprint density at radius 3 is 1.64 bits per heavy atom. The van der Waals surface area contributed by atoms with Crippen molar-refractivity contribution in [3.8, 4) is 33.8 Å². The van der Waals surface area contributed by atoms with E-state index in [4.69, 9.17) is 10.2 Å². The summed E-state index contributed by atoms with van der Waals surface area (Å²) in [7, 11) is 0. The van der Waals surface area contributed by atoms with Gasteiger partial charge in [0, 0.05) is 0 Å². The second-order valence-corrected chi connectivity index (χ2v) is 6.10. The third kappa shape index (κ3) is 3.51. The van der Waals surface area contributed by atoms with Gasteiger partial charge in [-0.05, 0) is 58.1 Å². The van der Waals surface area contributed by atoms with E-state index in [9.17, 15) is 24.9 Å². The lowest BCUT2D eigenvalue weighted by atomic mass is 9.94. The van der Waals surface area contributed by atoms with Crippen molar-refractivity contribution in [2.24, 2.45) is 0 Å². The Kier molecular flexibility index (Phi) is 5.02. The number of carboxylic acids is 2. The van der Waals surface area contributed by atoms with Crippen LogP contribution >= 0.6 is 0 Å². The summed E-state index contributed by atoms with van der Waals surface area (Å²) in [5, 5.41) is 47.5. The van der Waals surface area contributed by atoms with Gasteiger partial charge in [0.1, 0.15) is 22.6 Å². The summed E-state index contributed by atoms with van der Waals surface area (Å²) < 4.78 is 0. The highest BCUT2D eigenvalue weighted by atomic mass is 16.4. The molecule has 0 radical (unpaired) electrons. The molecule has 0 fully saturated rings. The second kappa shape index (κ2) is 7.42. The third-order valence-electron chi connectivity index (χ3n) is 4.38. The average Bonchev–Trinajstić information content (AvgIpc) is 2.66. The fourth-order valence-corrected chi connectivity index (χ4v) is 2.96. The average molecular weight is 380 g/mol. The first-order chi connectivity index (χ1) is 13.3. The standard InChI is InChI=1S/C21H16O7/c22-10-14-7-11(12-2-5-16(20(25)26)18(23)8-12)1-4-15(14)13-3-6-17(21(27)28)19(24)9-13/h1-9,22-24H,10H2,(H,25,26)(H,27,28). The smallest absolute Gasteiger partial charge is 0.339 e. The minimum atomic E-state index is -1.24. The minimum absolute atomic E-state index is 0.211. The molecule has 0 bridgehead atoms. The molecule has 0 saturated heterocycles. The number of aromatic carboxylic acids is 2. The Balaban J connectivity index is 2.04. The maximum Gasteiger partial charge on any atom is 0.339 e. The van der Waals surface area contributed by atoms with E-state index >= 15 is 0 Å². The molecule has 0 aliphatic carbocycles. The van der Waals surface area contributed by atoms with Gasteiger partial charge in [-0.25, -0.2) is 9.59 Å². The number of hydrogen-bond donors (Lipinski definition) is 5. The van der Waals surface area contributed by atoms with Gasteiger partial charge in [0.25, 0.3) is 0 Å². The third-order valence-corrected chi connectivity index (χ3v) is 4.38. The minimum Gasteiger partial charge on any atom is -0.507 e. The van der Waals surface area contributed by atoms with Gasteiger partial charge in [-0.2, -0.15) is 0 Å². The zero-order valence-electron chi connectivity index (χ0n) is 14.5. The Labute approximate surface area is 159 Å². The first-order valence-electron chi connectivity index (χ1n) is 8.19. The van der Waals surface area contributed by atoms with Crippen molar-refractivity contribution < 1.29 is 35.1 Å². The Morgan fingerprint density at radius 1 is 0.679 bits per heavy atom. The van der Waals surface area contributed by atoms with Crippen molar-refractivity contribution in [2.75, 3.05) is 0 Å². The van der Waals surface area contributed by atoms with E-state index in [1.807, 2.05) is 0 Å². The van der Waals surface area contributed by atoms with E-state index < -0.39 is 11.9 Å². The van der Waals surface area contributed by atoms with Crippen LogP contribution in [0.3, 0.4) is 0 Å². The SMILES string of the molecule is O=C(O)c1ccc(-c2ccc(-c3ccc(C(=O)O)c(O)c3)c(CO)c2)cc1O. The highest BCUT2D eigenvalue weighted by Crippen LogP contribution is 2.33. The first-order valence-corrected chi connectivity index (χ1v) is 8.19. The van der Waals surface area contributed by atoms with Crippen LogP contribution in [0.5, 0.6) is 11.5 Å². The summed E-state index contributed by atoms with van der Waals surface area (Å²) in [6.45, 7) is -0.316. The van der Waals surface area contributed by atoms with Crippen molar-refractivity contribution in [3.63, 3.8) is 0 Å². The molecule has 5 N–H and O–H groups in total. The molecule has 0 amide bonds. The van der Waals surface area contributed by atoms with Crippen LogP contribution in [0.4, 0.5) is 0 Å². The molecular weight excluding hydrogens is 364 g/mol. The van der Waals surface area contributed by atoms with E-state index in [0.717, 1.165) is 0 Å². The summed E-state index contributed by atoms with van der Waals surface area (Å²) in [6.07, 6.45) is 0. The van der Waals surface area contributed by atoms with Crippen molar-refractivity contribution >= 4 is 11.9 Å². The zero-order valence-corrected chi connectivity index (χ0v) is 14.5. The van der Waals surface area contributed by atoms with Gasteiger partial charge in [-0.3, -0.25) is 0 Å². The molecule has 3 aromatic carbocycles. The van der Waals surface area contributed by atoms with Gasteiger partial charge in [-0.15, -0.1) is 0 Å². The summed E-state index contributed by atoms with van der Waals surface area (Å²) in [5.41, 5.74) is 2.42. The van der Waals surface area contributed by atoms with Gasteiger partial charge in [0.05, 0.1) is 6.61 Å². The van der Waals surface area contributed by atoms with Crippen molar-refractivity contribution in [3.05, 3.63) is 71.3 Å². The monoisotopic (exact) mass is 380 g/mol. The maximum atomic E-state index is 11.0. The largest absolute Gasteiger partial charge is 0.507 e. The predicted octanol–water partition coefficient (Wildman–Crippen LogP) is 3.32.